The van der Waals surface area contributed by atoms with Gasteiger partial charge in [-0.3, -0.25) is 0 Å². The van der Waals surface area contributed by atoms with Crippen LogP contribution in [0.3, 0.4) is 0 Å². The number of hydrogen-bond donors (Lipinski definition) is 1. The molecule has 0 spiro atoms. The van der Waals surface area contributed by atoms with Crippen LogP contribution in [0.25, 0.3) is 0 Å². The molecule has 0 saturated heterocycles. The van der Waals surface area contributed by atoms with Crippen molar-refractivity contribution < 1.29 is 0 Å². The van der Waals surface area contributed by atoms with E-state index in [-0.39, 0.29) is 0 Å². The number of aromatic nitrogens is 3. The summed E-state index contributed by atoms with van der Waals surface area (Å²) in [6.07, 6.45) is 8.01. The number of aryl methyl sites for hydroxylation is 1. The van der Waals surface area contributed by atoms with Crippen molar-refractivity contribution >= 4 is 0 Å². The third kappa shape index (κ3) is 3.80. The highest BCUT2D eigenvalue weighted by molar-refractivity contribution is 5.04. The molecule has 1 aromatic rings. The SMILES string of the molecule is CCCC(CCC)C(NC)c1cnnn1CCC. The largest absolute Gasteiger partial charge is 0.311 e. The summed E-state index contributed by atoms with van der Waals surface area (Å²) in [5, 5.41) is 11.8. The summed E-state index contributed by atoms with van der Waals surface area (Å²) < 4.78 is 2.06. The van der Waals surface area contributed by atoms with Gasteiger partial charge in [-0.25, -0.2) is 4.68 Å². The van der Waals surface area contributed by atoms with E-state index in [2.05, 4.69) is 41.1 Å². The van der Waals surface area contributed by atoms with E-state index in [9.17, 15) is 0 Å². The highest BCUT2D eigenvalue weighted by Gasteiger charge is 2.23. The molecule has 1 aromatic heterocycles. The van der Waals surface area contributed by atoms with Gasteiger partial charge in [0.15, 0.2) is 0 Å². The molecule has 0 aliphatic heterocycles. The fourth-order valence-corrected chi connectivity index (χ4v) is 2.74. The zero-order chi connectivity index (χ0) is 13.4. The topological polar surface area (TPSA) is 42.7 Å². The Balaban J connectivity index is 2.87. The van der Waals surface area contributed by atoms with E-state index >= 15 is 0 Å². The van der Waals surface area contributed by atoms with Crippen molar-refractivity contribution in [2.45, 2.75) is 65.5 Å². The van der Waals surface area contributed by atoms with E-state index in [0.717, 1.165) is 13.0 Å². The Labute approximate surface area is 111 Å². The van der Waals surface area contributed by atoms with Gasteiger partial charge in [-0.2, -0.15) is 0 Å². The molecule has 0 aromatic carbocycles. The summed E-state index contributed by atoms with van der Waals surface area (Å²) in [4.78, 5) is 0. The molecular weight excluding hydrogens is 224 g/mol. The van der Waals surface area contributed by atoms with Gasteiger partial charge in [0.1, 0.15) is 0 Å². The van der Waals surface area contributed by atoms with Gasteiger partial charge in [0.2, 0.25) is 0 Å². The minimum Gasteiger partial charge on any atom is -0.311 e. The molecule has 0 bridgehead atoms. The second kappa shape index (κ2) is 8.25. The molecule has 18 heavy (non-hydrogen) atoms. The molecule has 4 nitrogen and oxygen atoms in total. The van der Waals surface area contributed by atoms with E-state index in [1.54, 1.807) is 0 Å². The van der Waals surface area contributed by atoms with Crippen LogP contribution in [0.4, 0.5) is 0 Å². The predicted molar refractivity (Wildman–Crippen MR) is 75.4 cm³/mol. The molecule has 1 unspecified atom stereocenters. The lowest BCUT2D eigenvalue weighted by atomic mass is 9.88. The quantitative estimate of drug-likeness (QED) is 0.734. The normalized spacial score (nSPS) is 13.2. The first kappa shape index (κ1) is 15.2. The molecule has 4 heteroatoms. The summed E-state index contributed by atoms with van der Waals surface area (Å²) in [6, 6.07) is 0.381. The minimum atomic E-state index is 0.381. The van der Waals surface area contributed by atoms with Gasteiger partial charge in [0.25, 0.3) is 0 Å². The molecule has 0 radical (unpaired) electrons. The van der Waals surface area contributed by atoms with Gasteiger partial charge in [-0.15, -0.1) is 5.10 Å². The first-order valence-electron chi connectivity index (χ1n) is 7.34. The molecule has 0 saturated carbocycles. The van der Waals surface area contributed by atoms with E-state index < -0.39 is 0 Å². The zero-order valence-electron chi connectivity index (χ0n) is 12.3. The average Bonchev–Trinajstić information content (AvgIpc) is 2.80. The smallest absolute Gasteiger partial charge is 0.0759 e. The number of nitrogens with one attached hydrogen (secondary N) is 1. The van der Waals surface area contributed by atoms with Crippen LogP contribution in [0.5, 0.6) is 0 Å². The number of nitrogens with zero attached hydrogens (tertiary/aromatic N) is 3. The molecule has 104 valence electrons. The van der Waals surface area contributed by atoms with Crippen molar-refractivity contribution in [2.24, 2.45) is 5.92 Å². The molecular formula is C14H28N4. The highest BCUT2D eigenvalue weighted by atomic mass is 15.4. The highest BCUT2D eigenvalue weighted by Crippen LogP contribution is 2.29. The van der Waals surface area contributed by atoms with Crippen molar-refractivity contribution in [2.75, 3.05) is 7.05 Å². The van der Waals surface area contributed by atoms with E-state index in [4.69, 9.17) is 0 Å². The van der Waals surface area contributed by atoms with Crippen LogP contribution in [0.15, 0.2) is 6.20 Å². The van der Waals surface area contributed by atoms with Crippen LogP contribution in [-0.2, 0) is 6.54 Å². The average molecular weight is 252 g/mol. The summed E-state index contributed by atoms with van der Waals surface area (Å²) in [6.45, 7) is 7.65. The lowest BCUT2D eigenvalue weighted by Crippen LogP contribution is -2.28. The van der Waals surface area contributed by atoms with E-state index in [0.29, 0.717) is 12.0 Å². The van der Waals surface area contributed by atoms with Crippen LogP contribution < -0.4 is 5.32 Å². The van der Waals surface area contributed by atoms with Crippen LogP contribution in [0.2, 0.25) is 0 Å². The van der Waals surface area contributed by atoms with Crippen LogP contribution in [0, 0.1) is 5.92 Å². The number of rotatable bonds is 9. The summed E-state index contributed by atoms with van der Waals surface area (Å²) >= 11 is 0. The lowest BCUT2D eigenvalue weighted by molar-refractivity contribution is 0.313. The Morgan fingerprint density at radius 3 is 2.33 bits per heavy atom. The van der Waals surface area contributed by atoms with Gasteiger partial charge in [0, 0.05) is 6.54 Å². The maximum atomic E-state index is 4.20. The van der Waals surface area contributed by atoms with Gasteiger partial charge in [-0.05, 0) is 32.2 Å². The van der Waals surface area contributed by atoms with Crippen LogP contribution >= 0.6 is 0 Å². The van der Waals surface area contributed by atoms with Crippen molar-refractivity contribution in [3.05, 3.63) is 11.9 Å². The molecule has 0 fully saturated rings. The number of hydrogen-bond acceptors (Lipinski definition) is 3. The van der Waals surface area contributed by atoms with Gasteiger partial charge >= 0.3 is 0 Å². The van der Waals surface area contributed by atoms with Gasteiger partial charge < -0.3 is 5.32 Å². The Morgan fingerprint density at radius 2 is 1.83 bits per heavy atom. The maximum absolute atomic E-state index is 4.20. The molecule has 0 aliphatic carbocycles. The summed E-state index contributed by atoms with van der Waals surface area (Å²) in [5.74, 6) is 0.680. The van der Waals surface area contributed by atoms with Crippen molar-refractivity contribution in [1.29, 1.82) is 0 Å². The Kier molecular flexibility index (Phi) is 6.94. The Bertz CT molecular complexity index is 315. The van der Waals surface area contributed by atoms with Crippen molar-refractivity contribution in [1.82, 2.24) is 20.3 Å². The van der Waals surface area contributed by atoms with Crippen molar-refractivity contribution in [3.63, 3.8) is 0 Å². The van der Waals surface area contributed by atoms with Crippen LogP contribution in [-0.4, -0.2) is 22.0 Å². The van der Waals surface area contributed by atoms with Gasteiger partial charge in [-0.1, -0.05) is 38.8 Å². The lowest BCUT2D eigenvalue weighted by Gasteiger charge is -2.26. The first-order chi connectivity index (χ1) is 8.78. The maximum Gasteiger partial charge on any atom is 0.0759 e. The van der Waals surface area contributed by atoms with Crippen molar-refractivity contribution in [3.8, 4) is 0 Å². The summed E-state index contributed by atoms with van der Waals surface area (Å²) in [5.41, 5.74) is 1.24. The fourth-order valence-electron chi connectivity index (χ4n) is 2.74. The zero-order valence-corrected chi connectivity index (χ0v) is 12.3. The van der Waals surface area contributed by atoms with E-state index in [1.807, 2.05) is 13.2 Å². The molecule has 0 amide bonds. The third-order valence-electron chi connectivity index (χ3n) is 3.50. The molecule has 1 N–H and O–H groups in total. The molecule has 0 aliphatic rings. The Morgan fingerprint density at radius 1 is 1.17 bits per heavy atom. The van der Waals surface area contributed by atoms with Gasteiger partial charge in [0.05, 0.1) is 17.9 Å². The molecule has 1 atom stereocenters. The monoisotopic (exact) mass is 252 g/mol. The Hall–Kier alpha value is -0.900. The standard InChI is InChI=1S/C14H28N4/c1-5-8-12(9-6-2)14(15-4)13-11-16-17-18(13)10-7-3/h11-12,14-15H,5-10H2,1-4H3. The third-order valence-corrected chi connectivity index (χ3v) is 3.50. The minimum absolute atomic E-state index is 0.381. The van der Waals surface area contributed by atoms with E-state index in [1.165, 1.54) is 31.4 Å². The van der Waals surface area contributed by atoms with Crippen LogP contribution in [0.1, 0.15) is 64.6 Å². The first-order valence-corrected chi connectivity index (χ1v) is 7.34. The fraction of sp³-hybridized carbons (Fsp3) is 0.857. The second-order valence-electron chi connectivity index (χ2n) is 4.99. The molecule has 1 heterocycles. The summed E-state index contributed by atoms with van der Waals surface area (Å²) in [7, 11) is 2.05. The second-order valence-corrected chi connectivity index (χ2v) is 4.99. The predicted octanol–water partition coefficient (Wildman–Crippen LogP) is 3.17. The molecule has 1 rings (SSSR count).